The Labute approximate surface area is 180 Å². The molecule has 0 amide bonds. The van der Waals surface area contributed by atoms with Crippen LogP contribution in [0.1, 0.15) is 6.42 Å². The van der Waals surface area contributed by atoms with E-state index in [1.54, 1.807) is 31.5 Å². The molecule has 0 bridgehead atoms. The Hall–Kier alpha value is -1.87. The number of likely N-dealkylation sites (N-methyl/N-ethyl adjacent to an activating group) is 2. The van der Waals surface area contributed by atoms with Gasteiger partial charge >= 0.3 is 0 Å². The summed E-state index contributed by atoms with van der Waals surface area (Å²) in [5.74, 6) is 1.72. The average Bonchev–Trinajstić information content (AvgIpc) is 3.10. The molecule has 3 rings (SSSR count). The molecule has 1 saturated heterocycles. The van der Waals surface area contributed by atoms with E-state index in [0.717, 1.165) is 25.3 Å². The maximum atomic E-state index is 6.04. The highest BCUT2D eigenvalue weighted by Crippen LogP contribution is 2.29. The van der Waals surface area contributed by atoms with E-state index in [4.69, 9.17) is 40.2 Å². The second-order valence-corrected chi connectivity index (χ2v) is 7.83. The Morgan fingerprint density at radius 1 is 1.32 bits per heavy atom. The lowest BCUT2D eigenvalue weighted by molar-refractivity contribution is 0.401. The van der Waals surface area contributed by atoms with Crippen LogP contribution in [-0.4, -0.2) is 60.3 Å². The molecular formula is C18H22Cl2N6OS. The maximum Gasteiger partial charge on any atom is 0.231 e. The van der Waals surface area contributed by atoms with Crippen molar-refractivity contribution in [3.05, 3.63) is 34.4 Å². The summed E-state index contributed by atoms with van der Waals surface area (Å²) in [6.45, 7) is 2.04. The molecule has 2 N–H and O–H groups in total. The second-order valence-electron chi connectivity index (χ2n) is 6.61. The van der Waals surface area contributed by atoms with Crippen LogP contribution in [0.2, 0.25) is 10.0 Å². The van der Waals surface area contributed by atoms with Gasteiger partial charge in [-0.2, -0.15) is 4.98 Å². The molecule has 0 aliphatic carbocycles. The van der Waals surface area contributed by atoms with Crippen molar-refractivity contribution in [3.63, 3.8) is 0 Å². The number of likely N-dealkylation sites (tertiary alicyclic amines) is 1. The van der Waals surface area contributed by atoms with Gasteiger partial charge in [0.15, 0.2) is 16.7 Å². The first kappa shape index (κ1) is 20.9. The van der Waals surface area contributed by atoms with Crippen molar-refractivity contribution in [2.75, 3.05) is 49.8 Å². The predicted octanol–water partition coefficient (Wildman–Crippen LogP) is 3.74. The van der Waals surface area contributed by atoms with Crippen LogP contribution >= 0.6 is 35.4 Å². The number of aromatic nitrogens is 2. The van der Waals surface area contributed by atoms with Gasteiger partial charge in [0.1, 0.15) is 0 Å². The summed E-state index contributed by atoms with van der Waals surface area (Å²) < 4.78 is 5.45. The summed E-state index contributed by atoms with van der Waals surface area (Å²) >= 11 is 17.3. The Kier molecular flexibility index (Phi) is 6.77. The smallest absolute Gasteiger partial charge is 0.231 e. The molecule has 2 aromatic rings. The zero-order chi connectivity index (χ0) is 20.3. The summed E-state index contributed by atoms with van der Waals surface area (Å²) in [5.41, 5.74) is 0.715. The zero-order valence-electron chi connectivity index (χ0n) is 15.9. The molecular weight excluding hydrogens is 419 g/mol. The molecule has 1 aliphatic rings. The Morgan fingerprint density at radius 2 is 2.11 bits per heavy atom. The standard InChI is InChI=1S/C18H22Cl2N6OS/c1-25-7-6-12(10-25)26(2)16-15(27-3)9-21-17(23-16)24-18(28)22-11-4-5-13(19)14(20)8-11/h4-5,8-9,12H,6-7,10H2,1-3H3,(H2,21,22,23,24,28). The van der Waals surface area contributed by atoms with Gasteiger partial charge in [0.05, 0.1) is 23.4 Å². The van der Waals surface area contributed by atoms with Crippen molar-refractivity contribution in [3.8, 4) is 5.75 Å². The number of nitrogens with zero attached hydrogens (tertiary/aromatic N) is 4. The fraction of sp³-hybridized carbons (Fsp3) is 0.389. The van der Waals surface area contributed by atoms with Crippen LogP contribution in [0, 0.1) is 0 Å². The number of nitrogens with one attached hydrogen (secondary N) is 2. The lowest BCUT2D eigenvalue weighted by Gasteiger charge is -2.27. The van der Waals surface area contributed by atoms with E-state index in [1.807, 2.05) is 7.05 Å². The van der Waals surface area contributed by atoms with Gasteiger partial charge in [-0.3, -0.25) is 0 Å². The van der Waals surface area contributed by atoms with Crippen LogP contribution in [0.5, 0.6) is 5.75 Å². The fourth-order valence-corrected chi connectivity index (χ4v) is 3.56. The lowest BCUT2D eigenvalue weighted by atomic mass is 10.2. The first-order valence-electron chi connectivity index (χ1n) is 8.73. The van der Waals surface area contributed by atoms with E-state index in [0.29, 0.717) is 38.6 Å². The summed E-state index contributed by atoms with van der Waals surface area (Å²) in [5, 5.41) is 7.31. The summed E-state index contributed by atoms with van der Waals surface area (Å²) in [6.07, 6.45) is 2.71. The molecule has 150 valence electrons. The normalized spacial score (nSPS) is 16.7. The number of hydrogen-bond donors (Lipinski definition) is 2. The van der Waals surface area contributed by atoms with E-state index in [9.17, 15) is 0 Å². The van der Waals surface area contributed by atoms with Crippen LogP contribution in [0.25, 0.3) is 0 Å². The topological polar surface area (TPSA) is 65.5 Å². The molecule has 1 fully saturated rings. The molecule has 0 spiro atoms. The molecule has 0 saturated carbocycles. The van der Waals surface area contributed by atoms with E-state index < -0.39 is 0 Å². The highest BCUT2D eigenvalue weighted by molar-refractivity contribution is 7.80. The van der Waals surface area contributed by atoms with Gasteiger partial charge in [-0.25, -0.2) is 4.98 Å². The third kappa shape index (κ3) is 4.94. The molecule has 2 heterocycles. The van der Waals surface area contributed by atoms with Crippen molar-refractivity contribution in [2.45, 2.75) is 12.5 Å². The van der Waals surface area contributed by atoms with Gasteiger partial charge in [0, 0.05) is 25.3 Å². The van der Waals surface area contributed by atoms with Crippen molar-refractivity contribution >= 4 is 58.0 Å². The highest BCUT2D eigenvalue weighted by Gasteiger charge is 2.26. The van der Waals surface area contributed by atoms with Crippen LogP contribution in [0.4, 0.5) is 17.5 Å². The number of ether oxygens (including phenoxy) is 1. The minimum atomic E-state index is 0.345. The molecule has 0 radical (unpaired) electrons. The molecule has 28 heavy (non-hydrogen) atoms. The van der Waals surface area contributed by atoms with E-state index in [2.05, 4.69) is 37.4 Å². The predicted molar refractivity (Wildman–Crippen MR) is 119 cm³/mol. The summed E-state index contributed by atoms with van der Waals surface area (Å²) in [4.78, 5) is 13.3. The first-order chi connectivity index (χ1) is 13.4. The van der Waals surface area contributed by atoms with Crippen LogP contribution in [-0.2, 0) is 0 Å². The Bertz CT molecular complexity index is 868. The first-order valence-corrected chi connectivity index (χ1v) is 9.89. The molecule has 7 nitrogen and oxygen atoms in total. The SMILES string of the molecule is COc1cnc(NC(=S)Nc2ccc(Cl)c(Cl)c2)nc1N(C)C1CCN(C)C1. The number of thiocarbonyl (C=S) groups is 1. The lowest BCUT2D eigenvalue weighted by Crippen LogP contribution is -2.35. The van der Waals surface area contributed by atoms with Gasteiger partial charge in [-0.05, 0) is 50.4 Å². The van der Waals surface area contributed by atoms with Gasteiger partial charge in [-0.1, -0.05) is 23.2 Å². The number of hydrogen-bond acceptors (Lipinski definition) is 6. The van der Waals surface area contributed by atoms with Gasteiger partial charge in [0.2, 0.25) is 5.95 Å². The number of benzene rings is 1. The summed E-state index contributed by atoms with van der Waals surface area (Å²) in [6, 6.07) is 5.54. The van der Waals surface area contributed by atoms with Crippen molar-refractivity contribution in [1.29, 1.82) is 0 Å². The monoisotopic (exact) mass is 440 g/mol. The number of anilines is 3. The van der Waals surface area contributed by atoms with Crippen molar-refractivity contribution < 1.29 is 4.74 Å². The van der Waals surface area contributed by atoms with Crippen LogP contribution < -0.4 is 20.3 Å². The zero-order valence-corrected chi connectivity index (χ0v) is 18.2. The molecule has 1 aromatic heterocycles. The molecule has 10 heteroatoms. The summed E-state index contributed by atoms with van der Waals surface area (Å²) in [7, 11) is 5.75. The van der Waals surface area contributed by atoms with Crippen molar-refractivity contribution in [1.82, 2.24) is 14.9 Å². The molecule has 1 unspecified atom stereocenters. The molecule has 1 atom stereocenters. The number of halogens is 2. The quantitative estimate of drug-likeness (QED) is 0.681. The molecule has 1 aromatic carbocycles. The van der Waals surface area contributed by atoms with Crippen molar-refractivity contribution in [2.24, 2.45) is 0 Å². The maximum absolute atomic E-state index is 6.04. The van der Waals surface area contributed by atoms with Gasteiger partial charge < -0.3 is 25.2 Å². The Balaban J connectivity index is 1.73. The van der Waals surface area contributed by atoms with Gasteiger partial charge in [-0.15, -0.1) is 0 Å². The van der Waals surface area contributed by atoms with Crippen LogP contribution in [0.3, 0.4) is 0 Å². The second kappa shape index (κ2) is 9.09. The third-order valence-electron chi connectivity index (χ3n) is 4.61. The number of rotatable bonds is 5. The Morgan fingerprint density at radius 3 is 2.75 bits per heavy atom. The van der Waals surface area contributed by atoms with Crippen LogP contribution in [0.15, 0.2) is 24.4 Å². The highest BCUT2D eigenvalue weighted by atomic mass is 35.5. The fourth-order valence-electron chi connectivity index (χ4n) is 3.06. The largest absolute Gasteiger partial charge is 0.491 e. The van der Waals surface area contributed by atoms with Gasteiger partial charge in [0.25, 0.3) is 0 Å². The van der Waals surface area contributed by atoms with E-state index in [-0.39, 0.29) is 0 Å². The average molecular weight is 441 g/mol. The van der Waals surface area contributed by atoms with E-state index >= 15 is 0 Å². The molecule has 1 aliphatic heterocycles. The minimum Gasteiger partial charge on any atom is -0.491 e. The third-order valence-corrected chi connectivity index (χ3v) is 5.55. The van der Waals surface area contributed by atoms with E-state index in [1.165, 1.54) is 0 Å². The number of methoxy groups -OCH3 is 1. The minimum absolute atomic E-state index is 0.345.